The van der Waals surface area contributed by atoms with Crippen molar-refractivity contribution in [2.75, 3.05) is 0 Å². The fourth-order valence-electron chi connectivity index (χ4n) is 2.58. The van der Waals surface area contributed by atoms with Gasteiger partial charge < -0.3 is 9.84 Å². The molecule has 0 radical (unpaired) electrons. The van der Waals surface area contributed by atoms with E-state index in [2.05, 4.69) is 0 Å². The third-order valence-electron chi connectivity index (χ3n) is 4.02. The summed E-state index contributed by atoms with van der Waals surface area (Å²) in [6.45, 7) is 5.21. The molecule has 1 heterocycles. The minimum absolute atomic E-state index is 0.389. The van der Waals surface area contributed by atoms with Gasteiger partial charge in [0, 0.05) is 0 Å². The van der Waals surface area contributed by atoms with Crippen molar-refractivity contribution >= 4 is 12.0 Å². The largest absolute Gasteiger partial charge is 0.439 e. The zero-order valence-corrected chi connectivity index (χ0v) is 12.5. The number of carbonyl (C=O) groups excluding carboxylic acids is 2. The Morgan fingerprint density at radius 3 is 2.57 bits per heavy atom. The molecule has 0 saturated carbocycles. The molecule has 0 aromatic heterocycles. The molecule has 0 unspecified atom stereocenters. The number of amides is 2. The molecule has 1 N–H and O–H groups in total. The van der Waals surface area contributed by atoms with Crippen molar-refractivity contribution in [2.45, 2.75) is 45.4 Å². The Kier molecular flexibility index (Phi) is 4.63. The molecule has 0 bridgehead atoms. The molecule has 1 saturated heterocycles. The molecule has 2 rings (SSSR count). The highest BCUT2D eigenvalue weighted by molar-refractivity contribution is 5.95. The van der Waals surface area contributed by atoms with Crippen LogP contribution >= 0.6 is 0 Å². The summed E-state index contributed by atoms with van der Waals surface area (Å²) in [5.41, 5.74) is 0.859. The van der Waals surface area contributed by atoms with Gasteiger partial charge in [-0.15, -0.1) is 0 Å². The molecule has 0 spiro atoms. The second-order valence-electron chi connectivity index (χ2n) is 5.43. The second-order valence-corrected chi connectivity index (χ2v) is 5.43. The van der Waals surface area contributed by atoms with Gasteiger partial charge in [0.2, 0.25) is 5.91 Å². The van der Waals surface area contributed by atoms with Gasteiger partial charge in [-0.05, 0) is 18.9 Å². The van der Waals surface area contributed by atoms with Crippen molar-refractivity contribution in [1.29, 1.82) is 0 Å². The normalized spacial score (nSPS) is 24.6. The first-order valence-corrected chi connectivity index (χ1v) is 7.24. The van der Waals surface area contributed by atoms with E-state index in [0.717, 1.165) is 10.5 Å². The Morgan fingerprint density at radius 2 is 2.00 bits per heavy atom. The van der Waals surface area contributed by atoms with Gasteiger partial charge in [0.15, 0.2) is 0 Å². The zero-order chi connectivity index (χ0) is 15.6. The predicted molar refractivity (Wildman–Crippen MR) is 77.4 cm³/mol. The van der Waals surface area contributed by atoms with Crippen LogP contribution in [-0.4, -0.2) is 34.2 Å². The van der Waals surface area contributed by atoms with E-state index in [9.17, 15) is 14.7 Å². The Bertz CT molecular complexity index is 516. The maximum Gasteiger partial charge on any atom is 0.417 e. The maximum atomic E-state index is 12.4. The van der Waals surface area contributed by atoms with E-state index in [-0.39, 0.29) is 11.9 Å². The lowest BCUT2D eigenvalue weighted by atomic mass is 9.98. The molecule has 2 amide bonds. The number of imide groups is 1. The Morgan fingerprint density at radius 1 is 1.38 bits per heavy atom. The number of carbonyl (C=O) groups is 2. The van der Waals surface area contributed by atoms with Gasteiger partial charge in [-0.2, -0.15) is 0 Å². The van der Waals surface area contributed by atoms with E-state index in [1.807, 2.05) is 30.3 Å². The van der Waals surface area contributed by atoms with Crippen LogP contribution in [-0.2, 0) is 9.53 Å². The predicted octanol–water partition coefficient (Wildman–Crippen LogP) is 2.50. The number of ether oxygens (including phenoxy) is 1. The lowest BCUT2D eigenvalue weighted by Crippen LogP contribution is -2.44. The van der Waals surface area contributed by atoms with Gasteiger partial charge >= 0.3 is 6.09 Å². The van der Waals surface area contributed by atoms with Crippen LogP contribution in [0.15, 0.2) is 30.3 Å². The van der Waals surface area contributed by atoms with Crippen LogP contribution in [0.4, 0.5) is 4.79 Å². The molecular weight excluding hydrogens is 270 g/mol. The van der Waals surface area contributed by atoms with Gasteiger partial charge in [-0.1, -0.05) is 44.2 Å². The number of benzene rings is 1. The topological polar surface area (TPSA) is 66.8 Å². The number of cyclic esters (lactones) is 1. The Labute approximate surface area is 124 Å². The van der Waals surface area contributed by atoms with E-state index < -0.39 is 24.2 Å². The standard InChI is InChI=1S/C16H21NO4/c1-4-13(18)10(2)15(19)17-11(3)14(21-16(17)20)12-8-6-5-7-9-12/h5-11,13-14,18H,4H2,1-3H3/t10-,11-,13+,14-/m1/s1. The summed E-state index contributed by atoms with van der Waals surface area (Å²) in [7, 11) is 0. The third kappa shape index (κ3) is 2.93. The van der Waals surface area contributed by atoms with Gasteiger partial charge in [-0.3, -0.25) is 4.79 Å². The monoisotopic (exact) mass is 291 g/mol. The van der Waals surface area contributed by atoms with Crippen LogP contribution in [0.1, 0.15) is 38.9 Å². The SMILES string of the molecule is CC[C@H](O)[C@@H](C)C(=O)N1C(=O)O[C@@H](c2ccccc2)[C@H]1C. The average Bonchev–Trinajstić information content (AvgIpc) is 2.80. The van der Waals surface area contributed by atoms with Crippen LogP contribution in [0.5, 0.6) is 0 Å². The Hall–Kier alpha value is -1.88. The van der Waals surface area contributed by atoms with Crippen molar-refractivity contribution < 1.29 is 19.4 Å². The lowest BCUT2D eigenvalue weighted by Gasteiger charge is -2.24. The van der Waals surface area contributed by atoms with E-state index in [1.54, 1.807) is 20.8 Å². The summed E-state index contributed by atoms with van der Waals surface area (Å²) in [4.78, 5) is 25.6. The molecule has 0 aliphatic carbocycles. The summed E-state index contributed by atoms with van der Waals surface area (Å²) in [5, 5.41) is 9.81. The van der Waals surface area contributed by atoms with Crippen molar-refractivity contribution in [3.63, 3.8) is 0 Å². The Balaban J connectivity index is 2.19. The van der Waals surface area contributed by atoms with E-state index in [1.165, 1.54) is 0 Å². The van der Waals surface area contributed by atoms with Crippen LogP contribution in [0, 0.1) is 5.92 Å². The summed E-state index contributed by atoms with van der Waals surface area (Å²) in [6.07, 6.45) is -1.40. The highest BCUT2D eigenvalue weighted by Gasteiger charge is 2.45. The fourth-order valence-corrected chi connectivity index (χ4v) is 2.58. The van der Waals surface area contributed by atoms with Gasteiger partial charge in [0.05, 0.1) is 18.1 Å². The summed E-state index contributed by atoms with van der Waals surface area (Å²) >= 11 is 0. The summed E-state index contributed by atoms with van der Waals surface area (Å²) in [5.74, 6) is -1.01. The number of aliphatic hydroxyl groups is 1. The second kappa shape index (κ2) is 6.26. The van der Waals surface area contributed by atoms with Gasteiger partial charge in [0.25, 0.3) is 0 Å². The quantitative estimate of drug-likeness (QED) is 0.925. The maximum absolute atomic E-state index is 12.4. The van der Waals surface area contributed by atoms with Crippen LogP contribution in [0.25, 0.3) is 0 Å². The highest BCUT2D eigenvalue weighted by atomic mass is 16.6. The zero-order valence-electron chi connectivity index (χ0n) is 12.5. The molecule has 5 heteroatoms. The van der Waals surface area contributed by atoms with Crippen molar-refractivity contribution in [3.05, 3.63) is 35.9 Å². The smallest absolute Gasteiger partial charge is 0.417 e. The fraction of sp³-hybridized carbons (Fsp3) is 0.500. The molecule has 1 aromatic carbocycles. The van der Waals surface area contributed by atoms with Crippen LogP contribution in [0.2, 0.25) is 0 Å². The van der Waals surface area contributed by atoms with Crippen molar-refractivity contribution in [1.82, 2.24) is 4.90 Å². The first-order valence-electron chi connectivity index (χ1n) is 7.24. The third-order valence-corrected chi connectivity index (χ3v) is 4.02. The summed E-state index contributed by atoms with van der Waals surface area (Å²) < 4.78 is 5.34. The molecule has 1 aliphatic rings. The van der Waals surface area contributed by atoms with Gasteiger partial charge in [0.1, 0.15) is 6.10 Å². The van der Waals surface area contributed by atoms with Gasteiger partial charge in [-0.25, -0.2) is 9.69 Å². The number of aliphatic hydroxyl groups excluding tert-OH is 1. The van der Waals surface area contributed by atoms with E-state index in [4.69, 9.17) is 4.74 Å². The van der Waals surface area contributed by atoms with Crippen LogP contribution in [0.3, 0.4) is 0 Å². The van der Waals surface area contributed by atoms with E-state index >= 15 is 0 Å². The average molecular weight is 291 g/mol. The first kappa shape index (κ1) is 15.5. The number of hydrogen-bond acceptors (Lipinski definition) is 4. The highest BCUT2D eigenvalue weighted by Crippen LogP contribution is 2.33. The molecule has 21 heavy (non-hydrogen) atoms. The molecule has 114 valence electrons. The van der Waals surface area contributed by atoms with E-state index in [0.29, 0.717) is 6.42 Å². The van der Waals surface area contributed by atoms with Crippen molar-refractivity contribution in [2.24, 2.45) is 5.92 Å². The molecular formula is C16H21NO4. The minimum Gasteiger partial charge on any atom is -0.439 e. The molecule has 1 fully saturated rings. The number of nitrogens with zero attached hydrogens (tertiary/aromatic N) is 1. The lowest BCUT2D eigenvalue weighted by molar-refractivity contribution is -0.136. The number of hydrogen-bond donors (Lipinski definition) is 1. The first-order chi connectivity index (χ1) is 9.97. The number of rotatable bonds is 4. The summed E-state index contributed by atoms with van der Waals surface area (Å²) in [6, 6.07) is 8.96. The van der Waals surface area contributed by atoms with Crippen LogP contribution < -0.4 is 0 Å². The molecule has 1 aromatic rings. The van der Waals surface area contributed by atoms with Crippen molar-refractivity contribution in [3.8, 4) is 0 Å². The molecule has 4 atom stereocenters. The molecule has 5 nitrogen and oxygen atoms in total. The minimum atomic E-state index is -0.756. The molecule has 1 aliphatic heterocycles.